The number of aryl methyl sites for hydroxylation is 1. The van der Waals surface area contributed by atoms with E-state index in [1.807, 2.05) is 13.0 Å². The Bertz CT molecular complexity index is 1040. The fraction of sp³-hybridized carbons (Fsp3) is 0.471. The quantitative estimate of drug-likeness (QED) is 0.409. The van der Waals surface area contributed by atoms with Crippen LogP contribution in [0.4, 0.5) is 0 Å². The normalized spacial score (nSPS) is 18.6. The van der Waals surface area contributed by atoms with E-state index in [1.165, 1.54) is 27.7 Å². The van der Waals surface area contributed by atoms with Gasteiger partial charge in [0.2, 0.25) is 5.91 Å². The van der Waals surface area contributed by atoms with Gasteiger partial charge >= 0.3 is 0 Å². The lowest BCUT2D eigenvalue weighted by Crippen LogP contribution is -2.36. The van der Waals surface area contributed by atoms with Crippen molar-refractivity contribution in [3.63, 3.8) is 0 Å². The minimum Gasteiger partial charge on any atom is -0.352 e. The van der Waals surface area contributed by atoms with E-state index in [-0.39, 0.29) is 34.8 Å². The number of thioether (sulfide) groups is 1. The standard InChI is InChI=1S/C17H21N3O4S3/c1-3-6-20-16(22)13-8-12(4-2)26-15(13)19-17(20)25-9-14(21)18-11-5-7-27(23,24)10-11/h3,8,11H,1,4-7,9-10H2,2H3,(H,18,21)/t11-/m1/s1. The summed E-state index contributed by atoms with van der Waals surface area (Å²) in [5.41, 5.74) is -0.138. The lowest BCUT2D eigenvalue weighted by Gasteiger charge is -2.12. The van der Waals surface area contributed by atoms with Crippen molar-refractivity contribution in [2.24, 2.45) is 0 Å². The van der Waals surface area contributed by atoms with Gasteiger partial charge in [0, 0.05) is 17.5 Å². The van der Waals surface area contributed by atoms with Crippen molar-refractivity contribution in [1.29, 1.82) is 0 Å². The van der Waals surface area contributed by atoms with Crippen LogP contribution in [-0.2, 0) is 27.6 Å². The van der Waals surface area contributed by atoms with E-state index in [4.69, 9.17) is 0 Å². The highest BCUT2D eigenvalue weighted by Crippen LogP contribution is 2.25. The molecular weight excluding hydrogens is 406 g/mol. The summed E-state index contributed by atoms with van der Waals surface area (Å²) in [5, 5.41) is 3.80. The largest absolute Gasteiger partial charge is 0.352 e. The van der Waals surface area contributed by atoms with Crippen LogP contribution in [0.2, 0.25) is 0 Å². The molecule has 7 nitrogen and oxygen atoms in total. The second-order valence-electron chi connectivity index (χ2n) is 6.34. The molecule has 27 heavy (non-hydrogen) atoms. The van der Waals surface area contributed by atoms with Crippen LogP contribution in [0.15, 0.2) is 28.7 Å². The first-order valence-electron chi connectivity index (χ1n) is 8.59. The highest BCUT2D eigenvalue weighted by Gasteiger charge is 2.29. The van der Waals surface area contributed by atoms with Crippen molar-refractivity contribution in [3.05, 3.63) is 34.0 Å². The van der Waals surface area contributed by atoms with Gasteiger partial charge in [0.1, 0.15) is 4.83 Å². The molecule has 0 unspecified atom stereocenters. The van der Waals surface area contributed by atoms with Gasteiger partial charge in [0.05, 0.1) is 22.6 Å². The fourth-order valence-electron chi connectivity index (χ4n) is 2.93. The number of hydrogen-bond donors (Lipinski definition) is 1. The molecule has 1 fully saturated rings. The van der Waals surface area contributed by atoms with Crippen LogP contribution >= 0.6 is 23.1 Å². The monoisotopic (exact) mass is 427 g/mol. The zero-order chi connectivity index (χ0) is 19.6. The van der Waals surface area contributed by atoms with Gasteiger partial charge in [-0.05, 0) is 18.9 Å². The summed E-state index contributed by atoms with van der Waals surface area (Å²) < 4.78 is 24.5. The fourth-order valence-corrected chi connectivity index (χ4v) is 6.43. The van der Waals surface area contributed by atoms with E-state index in [0.717, 1.165) is 11.3 Å². The van der Waals surface area contributed by atoms with Crippen LogP contribution in [-0.4, -0.2) is 47.2 Å². The highest BCUT2D eigenvalue weighted by molar-refractivity contribution is 7.99. The van der Waals surface area contributed by atoms with E-state index in [1.54, 1.807) is 6.08 Å². The summed E-state index contributed by atoms with van der Waals surface area (Å²) >= 11 is 2.66. The maximum Gasteiger partial charge on any atom is 0.263 e. The number of amides is 1. The van der Waals surface area contributed by atoms with E-state index in [2.05, 4.69) is 16.9 Å². The summed E-state index contributed by atoms with van der Waals surface area (Å²) in [6.45, 7) is 6.02. The molecule has 1 aliphatic heterocycles. The number of aromatic nitrogens is 2. The Morgan fingerprint density at radius 1 is 1.56 bits per heavy atom. The van der Waals surface area contributed by atoms with Crippen molar-refractivity contribution in [3.8, 4) is 0 Å². The molecule has 1 saturated heterocycles. The number of carbonyl (C=O) groups excluding carboxylic acids is 1. The lowest BCUT2D eigenvalue weighted by atomic mass is 10.3. The molecule has 0 aliphatic carbocycles. The van der Waals surface area contributed by atoms with E-state index in [9.17, 15) is 18.0 Å². The van der Waals surface area contributed by atoms with Gasteiger partial charge in [-0.15, -0.1) is 17.9 Å². The molecule has 1 N–H and O–H groups in total. The predicted octanol–water partition coefficient (Wildman–Crippen LogP) is 1.60. The summed E-state index contributed by atoms with van der Waals surface area (Å²) in [6.07, 6.45) is 2.89. The van der Waals surface area contributed by atoms with Crippen molar-refractivity contribution >= 4 is 49.1 Å². The number of nitrogens with one attached hydrogen (secondary N) is 1. The first-order chi connectivity index (χ1) is 12.8. The third-order valence-corrected chi connectivity index (χ3v) is 8.17. The predicted molar refractivity (Wildman–Crippen MR) is 109 cm³/mol. The molecule has 0 radical (unpaired) electrons. The molecule has 0 spiro atoms. The van der Waals surface area contributed by atoms with Crippen molar-refractivity contribution in [2.45, 2.75) is 37.5 Å². The van der Waals surface area contributed by atoms with Crippen LogP contribution in [0.1, 0.15) is 18.2 Å². The van der Waals surface area contributed by atoms with Gasteiger partial charge in [-0.3, -0.25) is 14.2 Å². The van der Waals surface area contributed by atoms with Gasteiger partial charge in [-0.1, -0.05) is 24.8 Å². The summed E-state index contributed by atoms with van der Waals surface area (Å²) in [5.74, 6) is -0.0936. The molecule has 2 aromatic heterocycles. The van der Waals surface area contributed by atoms with Crippen LogP contribution in [0, 0.1) is 0 Å². The maximum atomic E-state index is 12.8. The zero-order valence-electron chi connectivity index (χ0n) is 14.9. The van der Waals surface area contributed by atoms with E-state index in [0.29, 0.717) is 28.3 Å². The highest BCUT2D eigenvalue weighted by atomic mass is 32.2. The van der Waals surface area contributed by atoms with Gasteiger partial charge in [-0.2, -0.15) is 0 Å². The second kappa shape index (κ2) is 8.15. The molecule has 3 heterocycles. The van der Waals surface area contributed by atoms with Crippen LogP contribution in [0.5, 0.6) is 0 Å². The van der Waals surface area contributed by atoms with Gasteiger partial charge in [0.25, 0.3) is 5.56 Å². The smallest absolute Gasteiger partial charge is 0.263 e. The Morgan fingerprint density at radius 2 is 2.33 bits per heavy atom. The minimum atomic E-state index is -3.04. The molecule has 10 heteroatoms. The maximum absolute atomic E-state index is 12.8. The van der Waals surface area contributed by atoms with Gasteiger partial charge in [-0.25, -0.2) is 13.4 Å². The summed E-state index contributed by atoms with van der Waals surface area (Å²) in [4.78, 5) is 31.3. The number of hydrogen-bond acceptors (Lipinski definition) is 7. The van der Waals surface area contributed by atoms with Gasteiger partial charge in [0.15, 0.2) is 15.0 Å². The Balaban J connectivity index is 1.77. The molecule has 0 bridgehead atoms. The first kappa shape index (κ1) is 20.1. The summed E-state index contributed by atoms with van der Waals surface area (Å²) in [7, 11) is -3.04. The Kier molecular flexibility index (Phi) is 6.07. The van der Waals surface area contributed by atoms with E-state index < -0.39 is 9.84 Å². The average molecular weight is 428 g/mol. The SMILES string of the molecule is C=CCn1c(SCC(=O)N[C@@H]2CCS(=O)(=O)C2)nc2sc(CC)cc2c1=O. The lowest BCUT2D eigenvalue weighted by molar-refractivity contribution is -0.119. The molecule has 2 aromatic rings. The minimum absolute atomic E-state index is 0.0101. The number of thiophene rings is 1. The number of sulfone groups is 1. The average Bonchev–Trinajstić information content (AvgIpc) is 3.18. The number of carbonyl (C=O) groups is 1. The van der Waals surface area contributed by atoms with Crippen LogP contribution in [0.25, 0.3) is 10.2 Å². The Morgan fingerprint density at radius 3 is 2.96 bits per heavy atom. The second-order valence-corrected chi connectivity index (χ2v) is 10.6. The topological polar surface area (TPSA) is 98.1 Å². The summed E-state index contributed by atoms with van der Waals surface area (Å²) in [6, 6.07) is 1.54. The third kappa shape index (κ3) is 4.61. The number of nitrogens with zero attached hydrogens (tertiary/aromatic N) is 2. The third-order valence-electron chi connectivity index (χ3n) is 4.26. The molecule has 1 atom stereocenters. The van der Waals surface area contributed by atoms with E-state index >= 15 is 0 Å². The molecule has 146 valence electrons. The zero-order valence-corrected chi connectivity index (χ0v) is 17.4. The Hall–Kier alpha value is -1.65. The molecule has 3 rings (SSSR count). The Labute approximate surface area is 165 Å². The van der Waals surface area contributed by atoms with Crippen molar-refractivity contribution < 1.29 is 13.2 Å². The first-order valence-corrected chi connectivity index (χ1v) is 12.2. The van der Waals surface area contributed by atoms with Crippen molar-refractivity contribution in [1.82, 2.24) is 14.9 Å². The molecule has 0 saturated carbocycles. The molecule has 1 aliphatic rings. The number of allylic oxidation sites excluding steroid dienone is 1. The van der Waals surface area contributed by atoms with Crippen molar-refractivity contribution in [2.75, 3.05) is 17.3 Å². The van der Waals surface area contributed by atoms with Crippen LogP contribution < -0.4 is 10.9 Å². The molecular formula is C17H21N3O4S3. The number of rotatable bonds is 7. The molecule has 0 aromatic carbocycles. The number of fused-ring (bicyclic) bond motifs is 1. The van der Waals surface area contributed by atoms with Crippen LogP contribution in [0.3, 0.4) is 0 Å². The molecule has 1 amide bonds. The van der Waals surface area contributed by atoms with Gasteiger partial charge < -0.3 is 5.32 Å².